The molecule has 1 heterocycles. The first-order chi connectivity index (χ1) is 7.03. The second-order valence-corrected chi connectivity index (χ2v) is 5.90. The van der Waals surface area contributed by atoms with Crippen molar-refractivity contribution >= 4 is 0 Å². The van der Waals surface area contributed by atoms with E-state index in [4.69, 9.17) is 0 Å². The van der Waals surface area contributed by atoms with Gasteiger partial charge in [-0.1, -0.05) is 27.7 Å². The number of rotatable bonds is 5. The van der Waals surface area contributed by atoms with Crippen LogP contribution in [0, 0.1) is 11.3 Å². The van der Waals surface area contributed by atoms with Crippen LogP contribution in [0.4, 0.5) is 0 Å². The highest BCUT2D eigenvalue weighted by molar-refractivity contribution is 4.79. The van der Waals surface area contributed by atoms with Crippen molar-refractivity contribution in [3.8, 4) is 0 Å². The molecule has 90 valence electrons. The van der Waals surface area contributed by atoms with Crippen molar-refractivity contribution in [3.63, 3.8) is 0 Å². The summed E-state index contributed by atoms with van der Waals surface area (Å²) >= 11 is 0. The molecule has 0 unspecified atom stereocenters. The molecule has 0 bridgehead atoms. The van der Waals surface area contributed by atoms with Crippen LogP contribution in [0.1, 0.15) is 40.5 Å². The SMILES string of the molecule is CCNCC(C)(C)CN1CCC(C)CC1. The van der Waals surface area contributed by atoms with E-state index in [1.807, 2.05) is 0 Å². The molecular weight excluding hydrogens is 184 g/mol. The van der Waals surface area contributed by atoms with Crippen molar-refractivity contribution in [1.29, 1.82) is 0 Å². The summed E-state index contributed by atoms with van der Waals surface area (Å²) in [5, 5.41) is 3.46. The Morgan fingerprint density at radius 2 is 1.87 bits per heavy atom. The van der Waals surface area contributed by atoms with Gasteiger partial charge in [-0.15, -0.1) is 0 Å². The van der Waals surface area contributed by atoms with Gasteiger partial charge in [0.25, 0.3) is 0 Å². The van der Waals surface area contributed by atoms with E-state index in [0.29, 0.717) is 5.41 Å². The topological polar surface area (TPSA) is 15.3 Å². The first-order valence-electron chi connectivity index (χ1n) is 6.46. The molecule has 0 aliphatic carbocycles. The van der Waals surface area contributed by atoms with Gasteiger partial charge < -0.3 is 10.2 Å². The standard InChI is InChI=1S/C13H28N2/c1-5-14-10-13(3,4)11-15-8-6-12(2)7-9-15/h12,14H,5-11H2,1-4H3. The number of hydrogen-bond donors (Lipinski definition) is 1. The maximum absolute atomic E-state index is 3.46. The average molecular weight is 212 g/mol. The second-order valence-electron chi connectivity index (χ2n) is 5.90. The molecule has 0 saturated carbocycles. The van der Waals surface area contributed by atoms with Crippen molar-refractivity contribution in [2.24, 2.45) is 11.3 Å². The van der Waals surface area contributed by atoms with Crippen LogP contribution < -0.4 is 5.32 Å². The van der Waals surface area contributed by atoms with Gasteiger partial charge in [-0.2, -0.15) is 0 Å². The van der Waals surface area contributed by atoms with Crippen molar-refractivity contribution in [2.75, 3.05) is 32.7 Å². The smallest absolute Gasteiger partial charge is 0.00448 e. The molecule has 1 rings (SSSR count). The monoisotopic (exact) mass is 212 g/mol. The zero-order valence-corrected chi connectivity index (χ0v) is 11.0. The number of likely N-dealkylation sites (tertiary alicyclic amines) is 1. The fourth-order valence-corrected chi connectivity index (χ4v) is 2.34. The Kier molecular flexibility index (Phi) is 5.07. The number of piperidine rings is 1. The Balaban J connectivity index is 2.27. The van der Waals surface area contributed by atoms with Crippen molar-refractivity contribution in [2.45, 2.75) is 40.5 Å². The lowest BCUT2D eigenvalue weighted by Gasteiger charge is -2.36. The molecule has 0 atom stereocenters. The minimum Gasteiger partial charge on any atom is -0.316 e. The Morgan fingerprint density at radius 3 is 2.40 bits per heavy atom. The van der Waals surface area contributed by atoms with Gasteiger partial charge >= 0.3 is 0 Å². The van der Waals surface area contributed by atoms with Gasteiger partial charge in [0.05, 0.1) is 0 Å². The third kappa shape index (κ3) is 4.98. The molecule has 1 fully saturated rings. The van der Waals surface area contributed by atoms with E-state index < -0.39 is 0 Å². The molecule has 0 aromatic carbocycles. The van der Waals surface area contributed by atoms with Crippen molar-refractivity contribution in [1.82, 2.24) is 10.2 Å². The normalized spacial score (nSPS) is 20.8. The zero-order valence-electron chi connectivity index (χ0n) is 11.0. The van der Waals surface area contributed by atoms with Gasteiger partial charge in [-0.3, -0.25) is 0 Å². The van der Waals surface area contributed by atoms with Crippen LogP contribution in [0.25, 0.3) is 0 Å². The van der Waals surface area contributed by atoms with E-state index in [9.17, 15) is 0 Å². The highest BCUT2D eigenvalue weighted by Crippen LogP contribution is 2.21. The van der Waals surface area contributed by atoms with Crippen molar-refractivity contribution in [3.05, 3.63) is 0 Å². The van der Waals surface area contributed by atoms with Crippen LogP contribution in [0.15, 0.2) is 0 Å². The third-order valence-electron chi connectivity index (χ3n) is 3.38. The minimum atomic E-state index is 0.413. The lowest BCUT2D eigenvalue weighted by molar-refractivity contribution is 0.131. The predicted molar refractivity (Wildman–Crippen MR) is 67.2 cm³/mol. The molecule has 2 nitrogen and oxygen atoms in total. The number of nitrogens with zero attached hydrogens (tertiary/aromatic N) is 1. The highest BCUT2D eigenvalue weighted by Gasteiger charge is 2.23. The lowest BCUT2D eigenvalue weighted by atomic mass is 9.90. The first kappa shape index (κ1) is 13.0. The summed E-state index contributed by atoms with van der Waals surface area (Å²) in [5.74, 6) is 0.943. The molecule has 15 heavy (non-hydrogen) atoms. The predicted octanol–water partition coefficient (Wildman–Crippen LogP) is 2.35. The third-order valence-corrected chi connectivity index (χ3v) is 3.38. The van der Waals surface area contributed by atoms with Gasteiger partial charge in [0.2, 0.25) is 0 Å². The van der Waals surface area contributed by atoms with E-state index >= 15 is 0 Å². The molecule has 1 N–H and O–H groups in total. The Bertz CT molecular complexity index is 169. The van der Waals surface area contributed by atoms with Crippen LogP contribution in [0.2, 0.25) is 0 Å². The fourth-order valence-electron chi connectivity index (χ4n) is 2.34. The molecule has 0 spiro atoms. The quantitative estimate of drug-likeness (QED) is 0.752. The summed E-state index contributed by atoms with van der Waals surface area (Å²) in [6, 6.07) is 0. The summed E-state index contributed by atoms with van der Waals surface area (Å²) in [7, 11) is 0. The first-order valence-corrected chi connectivity index (χ1v) is 6.46. The maximum Gasteiger partial charge on any atom is 0.00448 e. The number of nitrogens with one attached hydrogen (secondary N) is 1. The van der Waals surface area contributed by atoms with E-state index in [-0.39, 0.29) is 0 Å². The number of hydrogen-bond acceptors (Lipinski definition) is 2. The largest absolute Gasteiger partial charge is 0.316 e. The van der Waals surface area contributed by atoms with Crippen LogP contribution in [-0.4, -0.2) is 37.6 Å². The molecular formula is C13H28N2. The van der Waals surface area contributed by atoms with E-state index in [0.717, 1.165) is 19.0 Å². The minimum absolute atomic E-state index is 0.413. The maximum atomic E-state index is 3.46. The van der Waals surface area contributed by atoms with Crippen LogP contribution in [0.5, 0.6) is 0 Å². The molecule has 1 saturated heterocycles. The lowest BCUT2D eigenvalue weighted by Crippen LogP contribution is -2.43. The fraction of sp³-hybridized carbons (Fsp3) is 1.00. The van der Waals surface area contributed by atoms with Crippen LogP contribution in [0.3, 0.4) is 0 Å². The summed E-state index contributed by atoms with van der Waals surface area (Å²) in [5.41, 5.74) is 0.413. The van der Waals surface area contributed by atoms with E-state index in [1.54, 1.807) is 0 Å². The van der Waals surface area contributed by atoms with Gasteiger partial charge in [0.1, 0.15) is 0 Å². The molecule has 0 radical (unpaired) electrons. The van der Waals surface area contributed by atoms with Crippen LogP contribution >= 0.6 is 0 Å². The van der Waals surface area contributed by atoms with Crippen molar-refractivity contribution < 1.29 is 0 Å². The van der Waals surface area contributed by atoms with Gasteiger partial charge in [-0.05, 0) is 43.8 Å². The zero-order chi connectivity index (χ0) is 11.3. The molecule has 1 aliphatic heterocycles. The second kappa shape index (κ2) is 5.86. The molecule has 2 heteroatoms. The molecule has 0 amide bonds. The molecule has 1 aliphatic rings. The summed E-state index contributed by atoms with van der Waals surface area (Å²) in [6.45, 7) is 15.4. The summed E-state index contributed by atoms with van der Waals surface area (Å²) in [6.07, 6.45) is 2.77. The van der Waals surface area contributed by atoms with E-state index in [2.05, 4.69) is 37.9 Å². The summed E-state index contributed by atoms with van der Waals surface area (Å²) in [4.78, 5) is 2.64. The van der Waals surface area contributed by atoms with E-state index in [1.165, 1.54) is 32.5 Å². The average Bonchev–Trinajstić information content (AvgIpc) is 2.18. The van der Waals surface area contributed by atoms with Gasteiger partial charge in [0, 0.05) is 13.1 Å². The van der Waals surface area contributed by atoms with Crippen LogP contribution in [-0.2, 0) is 0 Å². The Morgan fingerprint density at radius 1 is 1.27 bits per heavy atom. The molecule has 0 aromatic heterocycles. The Labute approximate surface area is 95.4 Å². The Hall–Kier alpha value is -0.0800. The van der Waals surface area contributed by atoms with Gasteiger partial charge in [-0.25, -0.2) is 0 Å². The van der Waals surface area contributed by atoms with Gasteiger partial charge in [0.15, 0.2) is 0 Å². The molecule has 0 aromatic rings. The summed E-state index contributed by atoms with van der Waals surface area (Å²) < 4.78 is 0. The highest BCUT2D eigenvalue weighted by atomic mass is 15.1.